The maximum atomic E-state index is 13.2. The molecule has 8 nitrogen and oxygen atoms in total. The quantitative estimate of drug-likeness (QED) is 0.493. The van der Waals surface area contributed by atoms with Crippen LogP contribution in [0, 0.1) is 6.92 Å². The minimum absolute atomic E-state index is 0.0577. The number of Topliss-reactive ketones (excluding diaryl/α,β-unsaturated/α-hetero) is 1. The molecule has 2 aliphatic rings. The summed E-state index contributed by atoms with van der Waals surface area (Å²) in [5.74, 6) is -2.07. The van der Waals surface area contributed by atoms with Gasteiger partial charge in [-0.15, -0.1) is 0 Å². The Hall–Kier alpha value is -3.00. The number of phenolic OH excluding ortho intramolecular Hbond substituents is 2. The summed E-state index contributed by atoms with van der Waals surface area (Å²) in [5.41, 5.74) is -0.639. The summed E-state index contributed by atoms with van der Waals surface area (Å²) in [4.78, 5) is 26.1. The number of aromatic hydroxyl groups is 2. The fourth-order valence-electron chi connectivity index (χ4n) is 3.79. The molecular weight excluding hydrogens is 392 g/mol. The molecule has 0 aromatic heterocycles. The number of hydrogen-bond acceptors (Lipinski definition) is 8. The molecule has 30 heavy (non-hydrogen) atoms. The maximum absolute atomic E-state index is 13.2. The molecule has 2 atom stereocenters. The highest BCUT2D eigenvalue weighted by atomic mass is 16.6. The zero-order valence-corrected chi connectivity index (χ0v) is 17.4. The van der Waals surface area contributed by atoms with Gasteiger partial charge in [-0.05, 0) is 43.5 Å². The first-order valence-electron chi connectivity index (χ1n) is 9.75. The summed E-state index contributed by atoms with van der Waals surface area (Å²) in [6.45, 7) is 4.95. The Morgan fingerprint density at radius 1 is 1.37 bits per heavy atom. The molecule has 0 fully saturated rings. The van der Waals surface area contributed by atoms with Gasteiger partial charge in [-0.3, -0.25) is 4.79 Å². The van der Waals surface area contributed by atoms with Gasteiger partial charge in [-0.2, -0.15) is 0 Å². The van der Waals surface area contributed by atoms with Gasteiger partial charge in [0.1, 0.15) is 18.3 Å². The lowest BCUT2D eigenvalue weighted by Gasteiger charge is -2.39. The predicted molar refractivity (Wildman–Crippen MR) is 106 cm³/mol. The van der Waals surface area contributed by atoms with E-state index in [1.165, 1.54) is 27.0 Å². The number of rotatable bonds is 5. The molecule has 0 radical (unpaired) electrons. The summed E-state index contributed by atoms with van der Waals surface area (Å²) in [6.07, 6.45) is 2.27. The number of benzene rings is 1. The zero-order valence-electron chi connectivity index (χ0n) is 17.4. The number of aryl methyl sites for hydroxylation is 1. The van der Waals surface area contributed by atoms with Crippen LogP contribution in [0.1, 0.15) is 49.0 Å². The van der Waals surface area contributed by atoms with Gasteiger partial charge in [0.15, 0.2) is 17.1 Å². The van der Waals surface area contributed by atoms with E-state index in [0.29, 0.717) is 11.1 Å². The van der Waals surface area contributed by atoms with Crippen molar-refractivity contribution in [1.29, 1.82) is 0 Å². The summed E-state index contributed by atoms with van der Waals surface area (Å²) >= 11 is 0. The Morgan fingerprint density at radius 2 is 2.07 bits per heavy atom. The number of aliphatic hydroxyl groups is 1. The molecule has 2 unspecified atom stereocenters. The van der Waals surface area contributed by atoms with Gasteiger partial charge in [-0.25, -0.2) is 4.79 Å². The van der Waals surface area contributed by atoms with Crippen LogP contribution in [-0.4, -0.2) is 52.5 Å². The van der Waals surface area contributed by atoms with Crippen LogP contribution < -0.4 is 4.74 Å². The summed E-state index contributed by atoms with van der Waals surface area (Å²) in [6, 6.07) is 1.19. The van der Waals surface area contributed by atoms with Crippen molar-refractivity contribution in [3.05, 3.63) is 40.2 Å². The fourth-order valence-corrected chi connectivity index (χ4v) is 3.79. The van der Waals surface area contributed by atoms with E-state index in [-0.39, 0.29) is 29.9 Å². The minimum Gasteiger partial charge on any atom is -0.504 e. The molecule has 8 heteroatoms. The molecule has 0 bridgehead atoms. The van der Waals surface area contributed by atoms with E-state index in [2.05, 4.69) is 0 Å². The van der Waals surface area contributed by atoms with Crippen molar-refractivity contribution < 1.29 is 39.1 Å². The highest BCUT2D eigenvalue weighted by Gasteiger charge is 2.50. The number of aliphatic hydroxyl groups excluding tert-OH is 1. The van der Waals surface area contributed by atoms with Crippen LogP contribution in [0.4, 0.5) is 0 Å². The summed E-state index contributed by atoms with van der Waals surface area (Å²) < 4.78 is 16.2. The zero-order chi connectivity index (χ0) is 22.2. The molecular formula is C22H26O8. The Kier molecular flexibility index (Phi) is 5.81. The number of carbonyl (C=O) groups is 2. The molecule has 1 aromatic rings. The first-order chi connectivity index (χ1) is 14.1. The fraction of sp³-hybridized carbons (Fsp3) is 0.455. The van der Waals surface area contributed by atoms with Gasteiger partial charge < -0.3 is 29.5 Å². The third-order valence-corrected chi connectivity index (χ3v) is 5.54. The number of hydrogen-bond donors (Lipinski definition) is 3. The lowest BCUT2D eigenvalue weighted by atomic mass is 9.77. The van der Waals surface area contributed by atoms with Crippen molar-refractivity contribution in [2.45, 2.75) is 51.7 Å². The van der Waals surface area contributed by atoms with Crippen molar-refractivity contribution in [3.63, 3.8) is 0 Å². The molecule has 1 aliphatic carbocycles. The van der Waals surface area contributed by atoms with Crippen LogP contribution in [0.25, 0.3) is 0 Å². The Labute approximate surface area is 174 Å². The normalized spacial score (nSPS) is 23.4. The molecule has 0 saturated heterocycles. The van der Waals surface area contributed by atoms with Crippen molar-refractivity contribution in [2.24, 2.45) is 0 Å². The van der Waals surface area contributed by atoms with Gasteiger partial charge in [0.25, 0.3) is 0 Å². The number of ether oxygens (including phenoxy) is 3. The molecule has 0 spiro atoms. The highest BCUT2D eigenvalue weighted by molar-refractivity contribution is 6.07. The van der Waals surface area contributed by atoms with Gasteiger partial charge >= 0.3 is 5.97 Å². The van der Waals surface area contributed by atoms with E-state index < -0.39 is 35.0 Å². The van der Waals surface area contributed by atoms with E-state index in [9.17, 15) is 24.9 Å². The minimum atomic E-state index is -1.83. The van der Waals surface area contributed by atoms with Crippen LogP contribution in [0.15, 0.2) is 29.0 Å². The largest absolute Gasteiger partial charge is 0.504 e. The number of allylic oxidation sites excluding steroid dienone is 2. The number of ketones is 1. The van der Waals surface area contributed by atoms with Gasteiger partial charge in [0.2, 0.25) is 11.5 Å². The Bertz CT molecular complexity index is 958. The molecule has 1 aromatic carbocycles. The van der Waals surface area contributed by atoms with Gasteiger partial charge in [0, 0.05) is 18.4 Å². The number of methoxy groups -OCH3 is 1. The molecule has 162 valence electrons. The average molecular weight is 418 g/mol. The van der Waals surface area contributed by atoms with E-state index in [1.54, 1.807) is 6.08 Å². The smallest absolute Gasteiger partial charge is 0.343 e. The van der Waals surface area contributed by atoms with Crippen LogP contribution in [0.3, 0.4) is 0 Å². The van der Waals surface area contributed by atoms with Crippen LogP contribution in [-0.2, 0) is 14.3 Å². The molecule has 1 aliphatic heterocycles. The maximum Gasteiger partial charge on any atom is 0.343 e. The highest BCUT2D eigenvalue weighted by Crippen LogP contribution is 2.42. The molecule has 3 N–H and O–H groups in total. The molecule has 3 rings (SSSR count). The monoisotopic (exact) mass is 418 g/mol. The summed E-state index contributed by atoms with van der Waals surface area (Å²) in [5, 5.41) is 30.5. The molecule has 0 amide bonds. The number of carbonyl (C=O) groups excluding carboxylic acids is 2. The van der Waals surface area contributed by atoms with Crippen molar-refractivity contribution in [1.82, 2.24) is 0 Å². The van der Waals surface area contributed by atoms with Crippen molar-refractivity contribution >= 4 is 11.8 Å². The lowest BCUT2D eigenvalue weighted by Crippen LogP contribution is -2.54. The van der Waals surface area contributed by atoms with Crippen molar-refractivity contribution in [2.75, 3.05) is 13.7 Å². The Balaban J connectivity index is 1.95. The van der Waals surface area contributed by atoms with Crippen LogP contribution in [0.5, 0.6) is 17.2 Å². The van der Waals surface area contributed by atoms with E-state index in [4.69, 9.17) is 14.2 Å². The predicted octanol–water partition coefficient (Wildman–Crippen LogP) is 2.67. The summed E-state index contributed by atoms with van der Waals surface area (Å²) in [7, 11) is 1.23. The van der Waals surface area contributed by atoms with Gasteiger partial charge in [-0.1, -0.05) is 6.92 Å². The first-order valence-corrected chi connectivity index (χ1v) is 9.75. The van der Waals surface area contributed by atoms with E-state index in [0.717, 1.165) is 18.6 Å². The standard InChI is InChI=1S/C22H26O8/c1-5-6-13-8-12-9-16(24)22(3,20(26)14(12)10-29-13)30-21(27)17-11(2)7-15(23)18(25)19(17)28-4/h7-8,16,23-25H,5-6,9-10H2,1-4H3. The second-order valence-electron chi connectivity index (χ2n) is 7.67. The van der Waals surface area contributed by atoms with Gasteiger partial charge in [0.05, 0.1) is 12.9 Å². The van der Waals surface area contributed by atoms with Crippen LogP contribution >= 0.6 is 0 Å². The Morgan fingerprint density at radius 3 is 2.70 bits per heavy atom. The van der Waals surface area contributed by atoms with E-state index >= 15 is 0 Å². The SMILES string of the molecule is CCCC1=CC2=C(CO1)C(=O)C(C)(OC(=O)c1c(C)cc(O)c(O)c1OC)C(O)C2. The second-order valence-corrected chi connectivity index (χ2v) is 7.67. The van der Waals surface area contributed by atoms with Crippen molar-refractivity contribution in [3.8, 4) is 17.2 Å². The third kappa shape index (κ3) is 3.52. The lowest BCUT2D eigenvalue weighted by molar-refractivity contribution is -0.147. The topological polar surface area (TPSA) is 123 Å². The number of phenols is 2. The van der Waals surface area contributed by atoms with E-state index in [1.807, 2.05) is 6.92 Å². The number of esters is 1. The molecule has 0 saturated carbocycles. The third-order valence-electron chi connectivity index (χ3n) is 5.54. The molecule has 1 heterocycles. The van der Waals surface area contributed by atoms with Crippen LogP contribution in [0.2, 0.25) is 0 Å². The average Bonchev–Trinajstić information content (AvgIpc) is 2.69. The first kappa shape index (κ1) is 21.7. The second kappa shape index (κ2) is 8.02.